The highest BCUT2D eigenvalue weighted by atomic mass is 16.4. The number of carbonyl (C=O) groups is 5. The van der Waals surface area contributed by atoms with Crippen LogP contribution in [0.4, 0.5) is 0 Å². The van der Waals surface area contributed by atoms with Crippen molar-refractivity contribution < 1.29 is 39.3 Å². The van der Waals surface area contributed by atoms with Crippen molar-refractivity contribution in [3.63, 3.8) is 0 Å². The molecule has 5 atom stereocenters. The topological polar surface area (TPSA) is 273 Å². The fraction of sp³-hybridized carbons (Fsp3) is 0.700. The Kier molecular flexibility index (Phi) is 14.6. The number of aliphatic carboxylic acids is 2. The third-order valence-corrected chi connectivity index (χ3v) is 5.22. The summed E-state index contributed by atoms with van der Waals surface area (Å²) in [6.07, 6.45) is 0.0430. The summed E-state index contributed by atoms with van der Waals surface area (Å²) in [4.78, 5) is 63.6. The van der Waals surface area contributed by atoms with Crippen LogP contribution >= 0.6 is 0 Å². The Labute approximate surface area is 202 Å². The lowest BCUT2D eigenvalue weighted by Gasteiger charge is -2.25. The van der Waals surface area contributed by atoms with Gasteiger partial charge in [-0.1, -0.05) is 20.3 Å². The standard InChI is InChI=1S/C20H37N7O8/c1-3-10(2)15(21)18(33)25-11(5-4-8-24-20(22)23)16(31)27-13(9-28)17(32)26-12(19(34)35)6-7-14(29)30/h10-13,15,28H,3-9,21H2,1-2H3,(H,25,33)(H,26,32)(H,27,31)(H,29,30)(H,34,35)(H4,22,23,24). The number of carboxylic acid groups (broad SMARTS) is 2. The zero-order valence-corrected chi connectivity index (χ0v) is 19.9. The van der Waals surface area contributed by atoms with Crippen LogP contribution in [0.25, 0.3) is 0 Å². The van der Waals surface area contributed by atoms with E-state index in [1.54, 1.807) is 6.92 Å². The van der Waals surface area contributed by atoms with Gasteiger partial charge in [0.15, 0.2) is 5.96 Å². The van der Waals surface area contributed by atoms with E-state index < -0.39 is 73.3 Å². The smallest absolute Gasteiger partial charge is 0.326 e. The molecule has 0 saturated carbocycles. The summed E-state index contributed by atoms with van der Waals surface area (Å²) in [6.45, 7) is 2.90. The average molecular weight is 504 g/mol. The molecule has 0 aromatic heterocycles. The fourth-order valence-electron chi connectivity index (χ4n) is 2.82. The molecule has 3 amide bonds. The normalized spacial score (nSPS) is 15.0. The van der Waals surface area contributed by atoms with Gasteiger partial charge >= 0.3 is 11.9 Å². The second kappa shape index (κ2) is 16.2. The first kappa shape index (κ1) is 31.5. The average Bonchev–Trinajstić information content (AvgIpc) is 2.79. The van der Waals surface area contributed by atoms with Gasteiger partial charge in [-0.25, -0.2) is 4.79 Å². The van der Waals surface area contributed by atoms with E-state index in [4.69, 9.17) is 22.3 Å². The van der Waals surface area contributed by atoms with Gasteiger partial charge < -0.3 is 48.5 Å². The lowest BCUT2D eigenvalue weighted by molar-refractivity contribution is -0.143. The van der Waals surface area contributed by atoms with Crippen molar-refractivity contribution in [2.24, 2.45) is 28.1 Å². The Morgan fingerprint density at radius 1 is 0.886 bits per heavy atom. The van der Waals surface area contributed by atoms with Crippen molar-refractivity contribution >= 4 is 35.6 Å². The Morgan fingerprint density at radius 3 is 1.91 bits per heavy atom. The van der Waals surface area contributed by atoms with Crippen LogP contribution in [-0.2, 0) is 24.0 Å². The molecule has 0 radical (unpaired) electrons. The third kappa shape index (κ3) is 12.5. The molecule has 0 aromatic rings. The second-order valence-electron chi connectivity index (χ2n) is 8.00. The van der Waals surface area contributed by atoms with E-state index in [9.17, 15) is 34.2 Å². The van der Waals surface area contributed by atoms with Gasteiger partial charge in [0, 0.05) is 13.0 Å². The zero-order chi connectivity index (χ0) is 27.1. The maximum absolute atomic E-state index is 12.8. The number of nitrogens with one attached hydrogen (secondary N) is 3. The van der Waals surface area contributed by atoms with Gasteiger partial charge in [-0.3, -0.25) is 24.2 Å². The summed E-state index contributed by atoms with van der Waals surface area (Å²) < 4.78 is 0. The van der Waals surface area contributed by atoms with Crippen LogP contribution < -0.4 is 33.2 Å². The first-order chi connectivity index (χ1) is 16.3. The summed E-state index contributed by atoms with van der Waals surface area (Å²) >= 11 is 0. The number of nitrogens with two attached hydrogens (primary N) is 3. The number of aliphatic hydroxyl groups excluding tert-OH is 1. The summed E-state index contributed by atoms with van der Waals surface area (Å²) in [6, 6.07) is -5.16. The minimum absolute atomic E-state index is 0.0672. The Balaban J connectivity index is 5.40. The van der Waals surface area contributed by atoms with Crippen molar-refractivity contribution in [1.82, 2.24) is 16.0 Å². The molecule has 35 heavy (non-hydrogen) atoms. The van der Waals surface area contributed by atoms with Crippen molar-refractivity contribution in [2.45, 2.75) is 70.1 Å². The lowest BCUT2D eigenvalue weighted by Crippen LogP contribution is -2.58. The third-order valence-electron chi connectivity index (χ3n) is 5.22. The predicted molar refractivity (Wildman–Crippen MR) is 125 cm³/mol. The molecule has 0 aromatic carbocycles. The molecule has 0 rings (SSSR count). The highest BCUT2D eigenvalue weighted by Crippen LogP contribution is 2.07. The maximum Gasteiger partial charge on any atom is 0.326 e. The number of rotatable bonds is 17. The molecule has 12 N–H and O–H groups in total. The minimum Gasteiger partial charge on any atom is -0.481 e. The monoisotopic (exact) mass is 503 g/mol. The van der Waals surface area contributed by atoms with Crippen molar-refractivity contribution in [3.05, 3.63) is 0 Å². The number of hydrogen-bond acceptors (Lipinski definition) is 8. The fourth-order valence-corrected chi connectivity index (χ4v) is 2.82. The van der Waals surface area contributed by atoms with E-state index in [0.29, 0.717) is 6.42 Å². The van der Waals surface area contributed by atoms with E-state index >= 15 is 0 Å². The Hall–Kier alpha value is -3.46. The molecule has 15 nitrogen and oxygen atoms in total. The lowest BCUT2D eigenvalue weighted by atomic mass is 9.98. The van der Waals surface area contributed by atoms with Crippen LogP contribution in [0.2, 0.25) is 0 Å². The van der Waals surface area contributed by atoms with Crippen LogP contribution in [0.15, 0.2) is 4.99 Å². The van der Waals surface area contributed by atoms with Crippen LogP contribution in [0.1, 0.15) is 46.0 Å². The number of amides is 3. The Bertz CT molecular complexity index is 773. The molecule has 200 valence electrons. The first-order valence-electron chi connectivity index (χ1n) is 11.1. The van der Waals surface area contributed by atoms with E-state index in [-0.39, 0.29) is 31.3 Å². The van der Waals surface area contributed by atoms with E-state index in [2.05, 4.69) is 20.9 Å². The number of hydrogen-bond donors (Lipinski definition) is 9. The SMILES string of the molecule is CCC(C)C(N)C(=O)NC(CCCN=C(N)N)C(=O)NC(CO)C(=O)NC(CCC(=O)O)C(=O)O. The maximum atomic E-state index is 12.8. The highest BCUT2D eigenvalue weighted by Gasteiger charge is 2.30. The molecule has 0 aliphatic rings. The van der Waals surface area contributed by atoms with E-state index in [1.807, 2.05) is 6.92 Å². The quantitative estimate of drug-likeness (QED) is 0.0541. The summed E-state index contributed by atoms with van der Waals surface area (Å²) in [5.74, 6) is -5.52. The van der Waals surface area contributed by atoms with E-state index in [1.165, 1.54) is 0 Å². The number of nitrogens with zero attached hydrogens (tertiary/aromatic N) is 1. The van der Waals surface area contributed by atoms with Crippen molar-refractivity contribution in [2.75, 3.05) is 13.2 Å². The van der Waals surface area contributed by atoms with Crippen molar-refractivity contribution in [3.8, 4) is 0 Å². The molecule has 15 heteroatoms. The summed E-state index contributed by atoms with van der Waals surface area (Å²) in [5, 5.41) is 34.4. The van der Waals surface area contributed by atoms with Crippen LogP contribution in [0, 0.1) is 5.92 Å². The summed E-state index contributed by atoms with van der Waals surface area (Å²) in [5.41, 5.74) is 16.5. The Morgan fingerprint density at radius 2 is 1.43 bits per heavy atom. The van der Waals surface area contributed by atoms with Gasteiger partial charge in [-0.15, -0.1) is 0 Å². The molecule has 0 bridgehead atoms. The van der Waals surface area contributed by atoms with Crippen LogP contribution in [-0.4, -0.2) is 88.3 Å². The first-order valence-corrected chi connectivity index (χ1v) is 11.1. The second-order valence-corrected chi connectivity index (χ2v) is 8.00. The summed E-state index contributed by atoms with van der Waals surface area (Å²) in [7, 11) is 0. The number of aliphatic imine (C=N–C) groups is 1. The molecular formula is C20H37N7O8. The predicted octanol–water partition coefficient (Wildman–Crippen LogP) is -3.19. The number of carboxylic acids is 2. The van der Waals surface area contributed by atoms with E-state index in [0.717, 1.165) is 0 Å². The van der Waals surface area contributed by atoms with Gasteiger partial charge in [-0.05, 0) is 25.2 Å². The van der Waals surface area contributed by atoms with Crippen molar-refractivity contribution in [1.29, 1.82) is 0 Å². The van der Waals surface area contributed by atoms with Gasteiger partial charge in [0.05, 0.1) is 12.6 Å². The molecule has 0 heterocycles. The largest absolute Gasteiger partial charge is 0.481 e. The molecule has 0 saturated heterocycles. The van der Waals surface area contributed by atoms with Crippen LogP contribution in [0.5, 0.6) is 0 Å². The van der Waals surface area contributed by atoms with Gasteiger partial charge in [-0.2, -0.15) is 0 Å². The zero-order valence-electron chi connectivity index (χ0n) is 19.9. The minimum atomic E-state index is -1.56. The molecule has 5 unspecified atom stereocenters. The van der Waals surface area contributed by atoms with Gasteiger partial charge in [0.1, 0.15) is 18.1 Å². The van der Waals surface area contributed by atoms with Crippen LogP contribution in [0.3, 0.4) is 0 Å². The number of guanidine groups is 1. The number of aliphatic hydroxyl groups is 1. The van der Waals surface area contributed by atoms with Gasteiger partial charge in [0.25, 0.3) is 0 Å². The number of carbonyl (C=O) groups excluding carboxylic acids is 3. The van der Waals surface area contributed by atoms with Gasteiger partial charge in [0.2, 0.25) is 17.7 Å². The molecule has 0 spiro atoms. The highest BCUT2D eigenvalue weighted by molar-refractivity contribution is 5.94. The molecule has 0 fully saturated rings. The molecule has 0 aliphatic carbocycles. The molecular weight excluding hydrogens is 466 g/mol. The molecule has 0 aliphatic heterocycles.